The predicted molar refractivity (Wildman–Crippen MR) is 98.6 cm³/mol. The number of hydrogen-bond acceptors (Lipinski definition) is 8. The number of fused-ring (bicyclic) bond motifs is 1. The lowest BCUT2D eigenvalue weighted by Gasteiger charge is -2.15. The standard InChI is InChI=1S/C19H17N5O5/c1-12(14-4-7-16-17(8-14)29-11-28-16)21-18(25)9-27-19(26)13-2-5-15(6-3-13)24-10-20-22-23-24/h2-8,10,12H,9,11H2,1H3,(H,21,25)/t12-/m0/s1. The number of carbonyl (C=O) groups excluding carboxylic acids is 2. The molecule has 1 aliphatic heterocycles. The van der Waals surface area contributed by atoms with Crippen LogP contribution >= 0.6 is 0 Å². The fourth-order valence-electron chi connectivity index (χ4n) is 2.79. The lowest BCUT2D eigenvalue weighted by molar-refractivity contribution is -0.124. The molecular weight excluding hydrogens is 378 g/mol. The minimum Gasteiger partial charge on any atom is -0.454 e. The maximum Gasteiger partial charge on any atom is 0.338 e. The Hall–Kier alpha value is -3.95. The molecule has 0 unspecified atom stereocenters. The molecule has 1 aliphatic rings. The molecule has 10 nitrogen and oxygen atoms in total. The van der Waals surface area contributed by atoms with E-state index in [0.29, 0.717) is 22.7 Å². The number of benzene rings is 2. The quantitative estimate of drug-likeness (QED) is 0.623. The summed E-state index contributed by atoms with van der Waals surface area (Å²) < 4.78 is 17.2. The van der Waals surface area contributed by atoms with Gasteiger partial charge >= 0.3 is 5.97 Å². The van der Waals surface area contributed by atoms with Gasteiger partial charge in [-0.25, -0.2) is 9.48 Å². The van der Waals surface area contributed by atoms with Crippen LogP contribution in [0.1, 0.15) is 28.9 Å². The normalized spacial score (nSPS) is 13.0. The number of rotatable bonds is 6. The molecule has 4 rings (SSSR count). The van der Waals surface area contributed by atoms with Gasteiger partial charge in [0.15, 0.2) is 18.1 Å². The summed E-state index contributed by atoms with van der Waals surface area (Å²) in [6.45, 7) is 1.63. The van der Waals surface area contributed by atoms with Crippen LogP contribution in [0.4, 0.5) is 0 Å². The van der Waals surface area contributed by atoms with Crippen molar-refractivity contribution in [3.8, 4) is 17.2 Å². The van der Waals surface area contributed by atoms with Gasteiger partial charge in [-0.15, -0.1) is 5.10 Å². The Morgan fingerprint density at radius 1 is 1.17 bits per heavy atom. The minimum absolute atomic E-state index is 0.187. The second kappa shape index (κ2) is 7.97. The smallest absolute Gasteiger partial charge is 0.338 e. The average molecular weight is 395 g/mol. The van der Waals surface area contributed by atoms with E-state index in [4.69, 9.17) is 14.2 Å². The highest BCUT2D eigenvalue weighted by Gasteiger charge is 2.17. The van der Waals surface area contributed by atoms with Crippen LogP contribution in [0.3, 0.4) is 0 Å². The minimum atomic E-state index is -0.598. The fraction of sp³-hybridized carbons (Fsp3) is 0.211. The van der Waals surface area contributed by atoms with Crippen LogP contribution in [-0.4, -0.2) is 45.5 Å². The summed E-state index contributed by atoms with van der Waals surface area (Å²) in [6.07, 6.45) is 1.44. The summed E-state index contributed by atoms with van der Waals surface area (Å²) >= 11 is 0. The first kappa shape index (κ1) is 18.4. The average Bonchev–Trinajstić information content (AvgIpc) is 3.43. The van der Waals surface area contributed by atoms with Gasteiger partial charge in [0.2, 0.25) is 6.79 Å². The number of carbonyl (C=O) groups is 2. The molecule has 0 spiro atoms. The van der Waals surface area contributed by atoms with Gasteiger partial charge < -0.3 is 19.5 Å². The van der Waals surface area contributed by atoms with Crippen molar-refractivity contribution in [3.63, 3.8) is 0 Å². The zero-order valence-corrected chi connectivity index (χ0v) is 15.4. The Labute approximate surface area is 165 Å². The molecule has 0 saturated heterocycles. The third kappa shape index (κ3) is 4.15. The first-order valence-corrected chi connectivity index (χ1v) is 8.79. The van der Waals surface area contributed by atoms with E-state index in [1.165, 1.54) is 11.0 Å². The fourth-order valence-corrected chi connectivity index (χ4v) is 2.79. The molecule has 3 aromatic rings. The van der Waals surface area contributed by atoms with Gasteiger partial charge in [0.1, 0.15) is 6.33 Å². The summed E-state index contributed by atoms with van der Waals surface area (Å²) in [5, 5.41) is 13.6. The number of nitrogens with zero attached hydrogens (tertiary/aromatic N) is 4. The first-order chi connectivity index (χ1) is 14.1. The third-order valence-corrected chi connectivity index (χ3v) is 4.33. The predicted octanol–water partition coefficient (Wildman–Crippen LogP) is 1.43. The van der Waals surface area contributed by atoms with Crippen LogP contribution < -0.4 is 14.8 Å². The molecule has 2 heterocycles. The number of ether oxygens (including phenoxy) is 3. The van der Waals surface area contributed by atoms with E-state index in [1.807, 2.05) is 19.1 Å². The van der Waals surface area contributed by atoms with Crippen LogP contribution in [-0.2, 0) is 9.53 Å². The molecule has 0 fully saturated rings. The SMILES string of the molecule is C[C@H](NC(=O)COC(=O)c1ccc(-n2cnnn2)cc1)c1ccc2c(c1)OCO2. The van der Waals surface area contributed by atoms with Crippen LogP contribution in [0.25, 0.3) is 5.69 Å². The van der Waals surface area contributed by atoms with E-state index in [2.05, 4.69) is 20.8 Å². The Balaban J connectivity index is 1.29. The van der Waals surface area contributed by atoms with Crippen LogP contribution in [0.2, 0.25) is 0 Å². The van der Waals surface area contributed by atoms with Crippen molar-refractivity contribution in [1.29, 1.82) is 0 Å². The Morgan fingerprint density at radius 3 is 2.72 bits per heavy atom. The van der Waals surface area contributed by atoms with Crippen molar-refractivity contribution in [2.24, 2.45) is 0 Å². The first-order valence-electron chi connectivity index (χ1n) is 8.79. The number of hydrogen-bond donors (Lipinski definition) is 1. The molecule has 0 bridgehead atoms. The highest BCUT2D eigenvalue weighted by Crippen LogP contribution is 2.34. The number of nitrogens with one attached hydrogen (secondary N) is 1. The molecule has 0 aliphatic carbocycles. The molecule has 1 amide bonds. The van der Waals surface area contributed by atoms with Gasteiger partial charge in [-0.2, -0.15) is 0 Å². The molecule has 148 valence electrons. The topological polar surface area (TPSA) is 117 Å². The lowest BCUT2D eigenvalue weighted by atomic mass is 10.1. The van der Waals surface area contributed by atoms with E-state index in [9.17, 15) is 9.59 Å². The van der Waals surface area contributed by atoms with E-state index >= 15 is 0 Å². The highest BCUT2D eigenvalue weighted by atomic mass is 16.7. The van der Waals surface area contributed by atoms with Crippen molar-refractivity contribution in [3.05, 3.63) is 59.9 Å². The van der Waals surface area contributed by atoms with Gasteiger partial charge in [-0.1, -0.05) is 6.07 Å². The zero-order chi connectivity index (χ0) is 20.2. The number of esters is 1. The number of aromatic nitrogens is 4. The molecule has 29 heavy (non-hydrogen) atoms. The molecular formula is C19H17N5O5. The van der Waals surface area contributed by atoms with E-state index in [1.54, 1.807) is 30.3 Å². The number of amides is 1. The molecule has 1 aromatic heterocycles. The van der Waals surface area contributed by atoms with Crippen LogP contribution in [0.15, 0.2) is 48.8 Å². The second-order valence-electron chi connectivity index (χ2n) is 6.28. The van der Waals surface area contributed by atoms with Crippen molar-refractivity contribution in [1.82, 2.24) is 25.5 Å². The Bertz CT molecular complexity index is 1020. The Kier molecular flexibility index (Phi) is 5.06. The molecule has 1 atom stereocenters. The summed E-state index contributed by atoms with van der Waals surface area (Å²) in [4.78, 5) is 24.3. The van der Waals surface area contributed by atoms with Crippen LogP contribution in [0, 0.1) is 0 Å². The van der Waals surface area contributed by atoms with Crippen molar-refractivity contribution in [2.75, 3.05) is 13.4 Å². The van der Waals surface area contributed by atoms with Crippen molar-refractivity contribution < 1.29 is 23.8 Å². The molecule has 0 saturated carbocycles. The summed E-state index contributed by atoms with van der Waals surface area (Å²) in [7, 11) is 0. The molecule has 1 N–H and O–H groups in total. The lowest BCUT2D eigenvalue weighted by Crippen LogP contribution is -2.31. The van der Waals surface area contributed by atoms with Gasteiger partial charge in [0, 0.05) is 0 Å². The molecule has 0 radical (unpaired) electrons. The highest BCUT2D eigenvalue weighted by molar-refractivity contribution is 5.91. The summed E-state index contributed by atoms with van der Waals surface area (Å²) in [6, 6.07) is 11.7. The van der Waals surface area contributed by atoms with Gasteiger partial charge in [-0.05, 0) is 59.3 Å². The summed E-state index contributed by atoms with van der Waals surface area (Å²) in [5.74, 6) is 0.306. The van der Waals surface area contributed by atoms with E-state index in [-0.39, 0.29) is 19.4 Å². The summed E-state index contributed by atoms with van der Waals surface area (Å²) in [5.41, 5.74) is 1.87. The maximum absolute atomic E-state index is 12.2. The third-order valence-electron chi connectivity index (χ3n) is 4.33. The molecule has 2 aromatic carbocycles. The van der Waals surface area contributed by atoms with Crippen LogP contribution in [0.5, 0.6) is 11.5 Å². The van der Waals surface area contributed by atoms with E-state index in [0.717, 1.165) is 5.56 Å². The van der Waals surface area contributed by atoms with E-state index < -0.39 is 11.9 Å². The molecule has 10 heteroatoms. The van der Waals surface area contributed by atoms with Gasteiger partial charge in [-0.3, -0.25) is 4.79 Å². The monoisotopic (exact) mass is 395 g/mol. The maximum atomic E-state index is 12.2. The van der Waals surface area contributed by atoms with Gasteiger partial charge in [0.25, 0.3) is 5.91 Å². The van der Waals surface area contributed by atoms with Gasteiger partial charge in [0.05, 0.1) is 17.3 Å². The second-order valence-corrected chi connectivity index (χ2v) is 6.28. The largest absolute Gasteiger partial charge is 0.454 e. The van der Waals surface area contributed by atoms with Crippen molar-refractivity contribution >= 4 is 11.9 Å². The van der Waals surface area contributed by atoms with Crippen molar-refractivity contribution in [2.45, 2.75) is 13.0 Å². The zero-order valence-electron chi connectivity index (χ0n) is 15.4. The Morgan fingerprint density at radius 2 is 1.97 bits per heavy atom. The number of tetrazole rings is 1.